The zero-order valence-electron chi connectivity index (χ0n) is 27.9. The van der Waals surface area contributed by atoms with Gasteiger partial charge >= 0.3 is 0 Å². The zero-order chi connectivity index (χ0) is 33.3. The smallest absolute Gasteiger partial charge is 0.143 e. The summed E-state index contributed by atoms with van der Waals surface area (Å²) < 4.78 is 6.59. The summed E-state index contributed by atoms with van der Waals surface area (Å²) in [6.07, 6.45) is 9.85. The van der Waals surface area contributed by atoms with Crippen LogP contribution < -0.4 is 0 Å². The first-order valence-corrected chi connectivity index (χ1v) is 17.5. The minimum Gasteiger partial charge on any atom is -0.455 e. The minimum atomic E-state index is 0.829. The molecule has 9 rings (SSSR count). The molecular weight excluding hydrogens is 605 g/mol. The van der Waals surface area contributed by atoms with E-state index in [1.165, 1.54) is 66.4 Å². The second-order valence-corrected chi connectivity index (χ2v) is 13.1. The number of hydrogen-bond acceptors (Lipinski definition) is 1. The van der Waals surface area contributed by atoms with Gasteiger partial charge in [-0.25, -0.2) is 0 Å². The highest BCUT2D eigenvalue weighted by Gasteiger charge is 2.18. The Balaban J connectivity index is 1.04. The molecule has 0 N–H and O–H groups in total. The molecule has 1 heteroatoms. The first-order valence-electron chi connectivity index (χ1n) is 17.5. The molecule has 1 heterocycles. The van der Waals surface area contributed by atoms with Crippen LogP contribution in [-0.4, -0.2) is 0 Å². The Hall–Kier alpha value is -6.18. The number of aryl methyl sites for hydroxylation is 1. The fourth-order valence-corrected chi connectivity index (χ4v) is 7.52. The van der Waals surface area contributed by atoms with E-state index < -0.39 is 0 Å². The highest BCUT2D eigenvalue weighted by molar-refractivity contribution is 6.12. The molecule has 238 valence electrons. The van der Waals surface area contributed by atoms with Crippen LogP contribution in [0.3, 0.4) is 0 Å². The van der Waals surface area contributed by atoms with Gasteiger partial charge in [0.25, 0.3) is 0 Å². The Labute approximate surface area is 293 Å². The zero-order valence-corrected chi connectivity index (χ0v) is 27.9. The maximum atomic E-state index is 6.59. The summed E-state index contributed by atoms with van der Waals surface area (Å²) in [7, 11) is 0. The van der Waals surface area contributed by atoms with Gasteiger partial charge in [-0.2, -0.15) is 0 Å². The van der Waals surface area contributed by atoms with Crippen molar-refractivity contribution >= 4 is 33.6 Å². The van der Waals surface area contributed by atoms with Crippen LogP contribution in [0.15, 0.2) is 180 Å². The molecule has 7 aromatic carbocycles. The molecule has 0 saturated heterocycles. The average Bonchev–Trinajstić information content (AvgIpc) is 3.59. The third-order valence-electron chi connectivity index (χ3n) is 10.0. The minimum absolute atomic E-state index is 0.829. The van der Waals surface area contributed by atoms with Crippen molar-refractivity contribution in [2.75, 3.05) is 0 Å². The maximum absolute atomic E-state index is 6.59. The van der Waals surface area contributed by atoms with E-state index in [0.717, 1.165) is 41.6 Å². The molecule has 0 bridgehead atoms. The Morgan fingerprint density at radius 2 is 1.24 bits per heavy atom. The predicted molar refractivity (Wildman–Crippen MR) is 211 cm³/mol. The van der Waals surface area contributed by atoms with E-state index in [-0.39, 0.29) is 0 Å². The molecule has 1 aromatic heterocycles. The summed E-state index contributed by atoms with van der Waals surface area (Å²) in [5, 5.41) is 2.47. The van der Waals surface area contributed by atoms with Gasteiger partial charge in [-0.1, -0.05) is 170 Å². The Bertz CT molecular complexity index is 2530. The fourth-order valence-electron chi connectivity index (χ4n) is 7.52. The number of hydrogen-bond donors (Lipinski definition) is 0. The Morgan fingerprint density at radius 1 is 0.560 bits per heavy atom. The predicted octanol–water partition coefficient (Wildman–Crippen LogP) is 13.2. The third-order valence-corrected chi connectivity index (χ3v) is 10.0. The van der Waals surface area contributed by atoms with Crippen LogP contribution in [0.1, 0.15) is 34.2 Å². The van der Waals surface area contributed by atoms with E-state index in [1.807, 2.05) is 0 Å². The van der Waals surface area contributed by atoms with Crippen molar-refractivity contribution < 1.29 is 4.42 Å². The van der Waals surface area contributed by atoms with Crippen LogP contribution in [0.2, 0.25) is 0 Å². The van der Waals surface area contributed by atoms with Crippen molar-refractivity contribution in [1.29, 1.82) is 0 Å². The normalized spacial score (nSPS) is 12.8. The van der Waals surface area contributed by atoms with Crippen molar-refractivity contribution in [2.45, 2.75) is 19.3 Å². The first kappa shape index (κ1) is 29.9. The van der Waals surface area contributed by atoms with Crippen molar-refractivity contribution in [3.05, 3.63) is 204 Å². The Kier molecular flexibility index (Phi) is 7.80. The summed E-state index contributed by atoms with van der Waals surface area (Å²) in [4.78, 5) is 0. The van der Waals surface area contributed by atoms with Crippen LogP contribution in [0.5, 0.6) is 0 Å². The van der Waals surface area contributed by atoms with E-state index >= 15 is 0 Å². The molecule has 0 unspecified atom stereocenters. The molecule has 1 nitrogen and oxygen atoms in total. The third kappa shape index (κ3) is 5.67. The lowest BCUT2D eigenvalue weighted by atomic mass is 9.92. The van der Waals surface area contributed by atoms with Crippen LogP contribution in [0.4, 0.5) is 0 Å². The standard InChI is InChI=1S/C49H36O/c1-3-13-35(14-4-1)36-25-27-39(28-26-36)43(37-15-5-2-6-16-37)30-24-34-12-9-18-40(32-34)41-19-10-20-42(33-41)45-22-11-23-46-48-44-21-8-7-17-38(44)29-31-47(48)50-49(45)46/h1-7,9-20,22-23,25-33H,8,21,24H2/b43-30+. The fraction of sp³-hybridized carbons (Fsp3) is 0.0612. The summed E-state index contributed by atoms with van der Waals surface area (Å²) in [5.41, 5.74) is 16.8. The molecular formula is C49H36O. The molecule has 8 aromatic rings. The number of fused-ring (bicyclic) bond motifs is 5. The van der Waals surface area contributed by atoms with Gasteiger partial charge in [0.2, 0.25) is 0 Å². The SMILES string of the molecule is C1=Cc2ccc3oc4c(-c5cccc(-c6cccc(C/C=C(\c7ccccc7)c7ccc(-c8ccccc8)cc7)c6)c5)cccc4c3c2CC1. The van der Waals surface area contributed by atoms with Gasteiger partial charge in [-0.05, 0) is 92.6 Å². The highest BCUT2D eigenvalue weighted by Crippen LogP contribution is 2.40. The van der Waals surface area contributed by atoms with Gasteiger partial charge in [0.15, 0.2) is 0 Å². The van der Waals surface area contributed by atoms with Crippen molar-refractivity contribution in [3.63, 3.8) is 0 Å². The first-order chi connectivity index (χ1) is 24.8. The molecule has 0 spiro atoms. The second kappa shape index (κ2) is 13.0. The maximum Gasteiger partial charge on any atom is 0.143 e. The molecule has 0 aliphatic heterocycles. The van der Waals surface area contributed by atoms with Crippen molar-refractivity contribution in [3.8, 4) is 33.4 Å². The lowest BCUT2D eigenvalue weighted by molar-refractivity contribution is 0.669. The molecule has 0 amide bonds. The van der Waals surface area contributed by atoms with E-state index in [2.05, 4.69) is 182 Å². The molecule has 0 atom stereocenters. The molecule has 1 aliphatic carbocycles. The van der Waals surface area contributed by atoms with E-state index in [0.29, 0.717) is 0 Å². The van der Waals surface area contributed by atoms with Gasteiger partial charge in [0.1, 0.15) is 11.2 Å². The lowest BCUT2D eigenvalue weighted by Gasteiger charge is -2.11. The van der Waals surface area contributed by atoms with Crippen LogP contribution in [0, 0.1) is 0 Å². The van der Waals surface area contributed by atoms with Gasteiger partial charge in [-0.3, -0.25) is 0 Å². The van der Waals surface area contributed by atoms with Gasteiger partial charge in [-0.15, -0.1) is 0 Å². The quantitative estimate of drug-likeness (QED) is 0.169. The van der Waals surface area contributed by atoms with Crippen LogP contribution in [0.25, 0.3) is 67.0 Å². The summed E-state index contributed by atoms with van der Waals surface area (Å²) in [5.74, 6) is 0. The largest absolute Gasteiger partial charge is 0.455 e. The van der Waals surface area contributed by atoms with Crippen LogP contribution >= 0.6 is 0 Å². The van der Waals surface area contributed by atoms with Gasteiger partial charge in [0, 0.05) is 16.3 Å². The lowest BCUT2D eigenvalue weighted by Crippen LogP contribution is -1.94. The number of benzene rings is 7. The monoisotopic (exact) mass is 640 g/mol. The molecule has 0 radical (unpaired) electrons. The Morgan fingerprint density at radius 3 is 2.08 bits per heavy atom. The van der Waals surface area contributed by atoms with E-state index in [1.54, 1.807) is 0 Å². The number of furan rings is 1. The summed E-state index contributed by atoms with van der Waals surface area (Å²) in [6, 6.07) is 59.0. The van der Waals surface area contributed by atoms with E-state index in [4.69, 9.17) is 4.42 Å². The van der Waals surface area contributed by atoms with Gasteiger partial charge < -0.3 is 4.42 Å². The molecule has 50 heavy (non-hydrogen) atoms. The van der Waals surface area contributed by atoms with Crippen molar-refractivity contribution in [2.24, 2.45) is 0 Å². The molecule has 0 fully saturated rings. The van der Waals surface area contributed by atoms with Crippen molar-refractivity contribution in [1.82, 2.24) is 0 Å². The number of allylic oxidation sites excluding steroid dienone is 2. The van der Waals surface area contributed by atoms with E-state index in [9.17, 15) is 0 Å². The number of para-hydroxylation sites is 1. The average molecular weight is 641 g/mol. The summed E-state index contributed by atoms with van der Waals surface area (Å²) in [6.45, 7) is 0. The van der Waals surface area contributed by atoms with Gasteiger partial charge in [0.05, 0.1) is 0 Å². The second-order valence-electron chi connectivity index (χ2n) is 13.1. The highest BCUT2D eigenvalue weighted by atomic mass is 16.3. The molecule has 1 aliphatic rings. The summed E-state index contributed by atoms with van der Waals surface area (Å²) >= 11 is 0. The number of rotatable bonds is 7. The van der Waals surface area contributed by atoms with Crippen LogP contribution in [-0.2, 0) is 12.8 Å². The molecule has 0 saturated carbocycles. The topological polar surface area (TPSA) is 13.1 Å².